The molecule has 0 radical (unpaired) electrons. The van der Waals surface area contributed by atoms with Crippen LogP contribution in [-0.2, 0) is 18.6 Å². The van der Waals surface area contributed by atoms with Gasteiger partial charge in [0.15, 0.2) is 0 Å². The highest BCUT2D eigenvalue weighted by Crippen LogP contribution is 2.40. The monoisotopic (exact) mass is 372 g/mol. The Morgan fingerprint density at radius 1 is 1.21 bits per heavy atom. The second-order valence-corrected chi connectivity index (χ2v) is 8.33. The Labute approximate surface area is 151 Å². The number of pyridine rings is 1. The molecule has 4 heterocycles. The Hall–Kier alpha value is -1.63. The molecule has 0 unspecified atom stereocenters. The van der Waals surface area contributed by atoms with Crippen molar-refractivity contribution < 1.29 is 0 Å². The second kappa shape index (κ2) is 5.72. The Balaban J connectivity index is 1.48. The van der Waals surface area contributed by atoms with E-state index in [1.807, 2.05) is 40.3 Å². The van der Waals surface area contributed by atoms with E-state index in [4.69, 9.17) is 11.6 Å². The van der Waals surface area contributed by atoms with Gasteiger partial charge in [-0.2, -0.15) is 0 Å². The number of halogens is 1. The summed E-state index contributed by atoms with van der Waals surface area (Å²) in [4.78, 5) is 16.3. The molecule has 0 saturated carbocycles. The fourth-order valence-electron chi connectivity index (χ4n) is 3.24. The SMILES string of the molecule is Clc1ccc2nc(CSc3ncnc4sc5c(c34)CCC5)cn2c1. The van der Waals surface area contributed by atoms with Crippen LogP contribution in [0, 0.1) is 0 Å². The quantitative estimate of drug-likeness (QED) is 0.383. The lowest BCUT2D eigenvalue weighted by atomic mass is 10.2. The van der Waals surface area contributed by atoms with Gasteiger partial charge in [-0.25, -0.2) is 15.0 Å². The van der Waals surface area contributed by atoms with E-state index in [1.165, 1.54) is 28.7 Å². The maximum absolute atomic E-state index is 6.04. The Morgan fingerprint density at radius 3 is 3.12 bits per heavy atom. The van der Waals surface area contributed by atoms with Gasteiger partial charge in [-0.3, -0.25) is 0 Å². The third-order valence-corrected chi connectivity index (χ3v) is 6.73. The molecule has 1 aliphatic rings. The maximum Gasteiger partial charge on any atom is 0.137 e. The zero-order valence-corrected chi connectivity index (χ0v) is 15.1. The molecule has 0 bridgehead atoms. The summed E-state index contributed by atoms with van der Waals surface area (Å²) in [5, 5.41) is 3.06. The summed E-state index contributed by atoms with van der Waals surface area (Å²) >= 11 is 9.61. The number of nitrogens with zero attached hydrogens (tertiary/aromatic N) is 4. The average Bonchev–Trinajstić information content (AvgIpc) is 3.25. The van der Waals surface area contributed by atoms with Crippen LogP contribution < -0.4 is 0 Å². The zero-order valence-electron chi connectivity index (χ0n) is 12.7. The minimum atomic E-state index is 0.713. The summed E-state index contributed by atoms with van der Waals surface area (Å²) in [6.07, 6.45) is 9.19. The lowest BCUT2D eigenvalue weighted by Crippen LogP contribution is -1.88. The number of fused-ring (bicyclic) bond motifs is 4. The highest BCUT2D eigenvalue weighted by atomic mass is 35.5. The van der Waals surface area contributed by atoms with Crippen LogP contribution in [0.2, 0.25) is 5.02 Å². The Morgan fingerprint density at radius 2 is 2.17 bits per heavy atom. The van der Waals surface area contributed by atoms with Crippen molar-refractivity contribution in [2.24, 2.45) is 0 Å². The smallest absolute Gasteiger partial charge is 0.137 e. The summed E-state index contributed by atoms with van der Waals surface area (Å²) in [5.74, 6) is 0.788. The number of hydrogen-bond donors (Lipinski definition) is 0. The molecule has 0 saturated heterocycles. The first kappa shape index (κ1) is 14.7. The lowest BCUT2D eigenvalue weighted by molar-refractivity contribution is 0.915. The largest absolute Gasteiger partial charge is 0.305 e. The van der Waals surface area contributed by atoms with Crippen LogP contribution in [0.4, 0.5) is 0 Å². The predicted octanol–water partition coefficient (Wildman–Crippen LogP) is 4.77. The van der Waals surface area contributed by atoms with Crippen LogP contribution in [0.1, 0.15) is 22.6 Å². The highest BCUT2D eigenvalue weighted by molar-refractivity contribution is 7.98. The van der Waals surface area contributed by atoms with E-state index >= 15 is 0 Å². The summed E-state index contributed by atoms with van der Waals surface area (Å²) in [5.41, 5.74) is 3.42. The van der Waals surface area contributed by atoms with Gasteiger partial charge in [0.25, 0.3) is 0 Å². The zero-order chi connectivity index (χ0) is 16.1. The van der Waals surface area contributed by atoms with E-state index in [2.05, 4.69) is 15.0 Å². The molecular weight excluding hydrogens is 360 g/mol. The average molecular weight is 373 g/mol. The van der Waals surface area contributed by atoms with Crippen molar-refractivity contribution in [2.45, 2.75) is 30.0 Å². The van der Waals surface area contributed by atoms with Crippen molar-refractivity contribution in [2.75, 3.05) is 0 Å². The van der Waals surface area contributed by atoms with Gasteiger partial charge in [0.2, 0.25) is 0 Å². The normalized spacial score (nSPS) is 13.9. The molecule has 0 N–H and O–H groups in total. The Kier molecular flexibility index (Phi) is 3.50. The Bertz CT molecular complexity index is 1070. The molecule has 0 atom stereocenters. The molecule has 0 aliphatic heterocycles. The van der Waals surface area contributed by atoms with E-state index in [0.717, 1.165) is 33.4 Å². The van der Waals surface area contributed by atoms with Crippen LogP contribution in [0.3, 0.4) is 0 Å². The van der Waals surface area contributed by atoms with Gasteiger partial charge in [-0.1, -0.05) is 23.4 Å². The number of hydrogen-bond acceptors (Lipinski definition) is 5. The summed E-state index contributed by atoms with van der Waals surface area (Å²) in [7, 11) is 0. The van der Waals surface area contributed by atoms with Gasteiger partial charge in [0.05, 0.1) is 10.7 Å². The van der Waals surface area contributed by atoms with Crippen LogP contribution in [0.25, 0.3) is 15.9 Å². The molecule has 1 aliphatic carbocycles. The maximum atomic E-state index is 6.04. The minimum absolute atomic E-state index is 0.713. The summed E-state index contributed by atoms with van der Waals surface area (Å²) < 4.78 is 1.97. The summed E-state index contributed by atoms with van der Waals surface area (Å²) in [6.45, 7) is 0. The van der Waals surface area contributed by atoms with Gasteiger partial charge in [-0.15, -0.1) is 11.3 Å². The van der Waals surface area contributed by atoms with Crippen molar-refractivity contribution in [3.8, 4) is 0 Å². The van der Waals surface area contributed by atoms with Gasteiger partial charge >= 0.3 is 0 Å². The fraction of sp³-hybridized carbons (Fsp3) is 0.235. The van der Waals surface area contributed by atoms with Crippen LogP contribution in [0.5, 0.6) is 0 Å². The number of aryl methyl sites for hydroxylation is 2. The minimum Gasteiger partial charge on any atom is -0.305 e. The van der Waals surface area contributed by atoms with Crippen LogP contribution in [-0.4, -0.2) is 19.4 Å². The molecule has 0 amide bonds. The standard InChI is InChI=1S/C17H13ClN4S2/c18-10-4-5-14-21-11(7-22(14)6-10)8-23-16-15-12-2-1-3-13(12)24-17(15)20-9-19-16/h4-7,9H,1-3,8H2. The molecule has 5 rings (SSSR count). The van der Waals surface area contributed by atoms with Gasteiger partial charge in [0, 0.05) is 28.4 Å². The fourth-order valence-corrected chi connectivity index (χ4v) is 5.61. The number of rotatable bonds is 3. The van der Waals surface area contributed by atoms with Crippen LogP contribution in [0.15, 0.2) is 35.9 Å². The lowest BCUT2D eigenvalue weighted by Gasteiger charge is -2.02. The van der Waals surface area contributed by atoms with Gasteiger partial charge in [0.1, 0.15) is 21.8 Å². The topological polar surface area (TPSA) is 43.1 Å². The molecular formula is C17H13ClN4S2. The molecule has 4 aromatic heterocycles. The van der Waals surface area contributed by atoms with Crippen molar-refractivity contribution in [1.82, 2.24) is 19.4 Å². The van der Waals surface area contributed by atoms with Crippen molar-refractivity contribution in [3.05, 3.63) is 52.0 Å². The van der Waals surface area contributed by atoms with Crippen molar-refractivity contribution in [1.29, 1.82) is 0 Å². The van der Waals surface area contributed by atoms with E-state index in [0.29, 0.717) is 5.02 Å². The van der Waals surface area contributed by atoms with E-state index in [-0.39, 0.29) is 0 Å². The summed E-state index contributed by atoms with van der Waals surface area (Å²) in [6, 6.07) is 3.80. The molecule has 4 nitrogen and oxygen atoms in total. The first-order chi connectivity index (χ1) is 11.8. The van der Waals surface area contributed by atoms with Crippen LogP contribution >= 0.6 is 34.7 Å². The number of aromatic nitrogens is 4. The van der Waals surface area contributed by atoms with E-state index in [9.17, 15) is 0 Å². The number of thiophene rings is 1. The molecule has 120 valence electrons. The van der Waals surface area contributed by atoms with E-state index < -0.39 is 0 Å². The molecule has 7 heteroatoms. The predicted molar refractivity (Wildman–Crippen MR) is 99.2 cm³/mol. The first-order valence-corrected chi connectivity index (χ1v) is 9.97. The van der Waals surface area contributed by atoms with Gasteiger partial charge in [-0.05, 0) is 37.0 Å². The second-order valence-electron chi connectivity index (χ2n) is 5.85. The number of imidazole rings is 1. The van der Waals surface area contributed by atoms with Gasteiger partial charge < -0.3 is 4.40 Å². The molecule has 4 aromatic rings. The molecule has 0 fully saturated rings. The molecule has 24 heavy (non-hydrogen) atoms. The van der Waals surface area contributed by atoms with E-state index in [1.54, 1.807) is 18.1 Å². The third kappa shape index (κ3) is 2.41. The first-order valence-electron chi connectivity index (χ1n) is 7.79. The highest BCUT2D eigenvalue weighted by Gasteiger charge is 2.21. The van der Waals surface area contributed by atoms with Crippen molar-refractivity contribution >= 4 is 50.6 Å². The molecule has 0 spiro atoms. The number of thioether (sulfide) groups is 1. The molecule has 0 aromatic carbocycles. The van der Waals surface area contributed by atoms with Crippen molar-refractivity contribution in [3.63, 3.8) is 0 Å². The third-order valence-electron chi connectivity index (χ3n) is 4.29.